The van der Waals surface area contributed by atoms with E-state index >= 15 is 0 Å². The molecule has 0 aromatic rings. The van der Waals surface area contributed by atoms with Gasteiger partial charge in [-0.1, -0.05) is 20.8 Å². The summed E-state index contributed by atoms with van der Waals surface area (Å²) in [5, 5.41) is 0. The second-order valence-electron chi connectivity index (χ2n) is 7.79. The van der Waals surface area contributed by atoms with Gasteiger partial charge in [0.1, 0.15) is 6.29 Å². The molecule has 2 heteroatoms. The van der Waals surface area contributed by atoms with Crippen molar-refractivity contribution < 1.29 is 9.53 Å². The number of ether oxygens (including phenoxy) is 1. The van der Waals surface area contributed by atoms with E-state index in [2.05, 4.69) is 20.8 Å². The van der Waals surface area contributed by atoms with E-state index in [9.17, 15) is 4.79 Å². The largest absolute Gasteiger partial charge is 0.381 e. The predicted molar refractivity (Wildman–Crippen MR) is 71.2 cm³/mol. The van der Waals surface area contributed by atoms with Gasteiger partial charge in [0.05, 0.1) is 6.10 Å². The zero-order valence-corrected chi connectivity index (χ0v) is 12.2. The highest BCUT2D eigenvalue weighted by atomic mass is 16.5. The lowest BCUT2D eigenvalue weighted by Gasteiger charge is -2.45. The summed E-state index contributed by atoms with van der Waals surface area (Å²) in [7, 11) is 1.84. The molecule has 0 saturated heterocycles. The minimum atomic E-state index is 0.132. The van der Waals surface area contributed by atoms with Gasteiger partial charge in [0.2, 0.25) is 0 Å². The third-order valence-electron chi connectivity index (χ3n) is 6.73. The number of methoxy groups -OCH3 is 1. The summed E-state index contributed by atoms with van der Waals surface area (Å²) >= 11 is 0. The van der Waals surface area contributed by atoms with Gasteiger partial charge in [0.25, 0.3) is 0 Å². The molecule has 0 radical (unpaired) electrons. The fraction of sp³-hybridized carbons (Fsp3) is 0.938. The van der Waals surface area contributed by atoms with Crippen molar-refractivity contribution in [2.75, 3.05) is 7.11 Å². The molecule has 5 atom stereocenters. The molecule has 3 fully saturated rings. The van der Waals surface area contributed by atoms with Crippen molar-refractivity contribution >= 4 is 6.29 Å². The van der Waals surface area contributed by atoms with Crippen LogP contribution in [0, 0.1) is 28.1 Å². The SMILES string of the molecule is CO[C@H]1CC[C@@]2(C)CC(C)(C)[C@@H]3CC[C@H](C=O)C132. The molecule has 0 aliphatic heterocycles. The zero-order chi connectivity index (χ0) is 13.2. The van der Waals surface area contributed by atoms with Crippen LogP contribution in [0.4, 0.5) is 0 Å². The van der Waals surface area contributed by atoms with Crippen molar-refractivity contribution in [3.8, 4) is 0 Å². The van der Waals surface area contributed by atoms with E-state index in [1.165, 1.54) is 25.5 Å². The molecule has 0 amide bonds. The fourth-order valence-corrected chi connectivity index (χ4v) is 6.61. The van der Waals surface area contributed by atoms with Gasteiger partial charge >= 0.3 is 0 Å². The Labute approximate surface area is 110 Å². The molecular formula is C16H26O2. The quantitative estimate of drug-likeness (QED) is 0.702. The maximum Gasteiger partial charge on any atom is 0.123 e. The summed E-state index contributed by atoms with van der Waals surface area (Å²) < 4.78 is 5.86. The second kappa shape index (κ2) is 3.59. The molecule has 102 valence electrons. The van der Waals surface area contributed by atoms with Crippen LogP contribution in [0.15, 0.2) is 0 Å². The van der Waals surface area contributed by atoms with Crippen LogP contribution >= 0.6 is 0 Å². The van der Waals surface area contributed by atoms with Crippen LogP contribution in [-0.2, 0) is 9.53 Å². The van der Waals surface area contributed by atoms with Gasteiger partial charge < -0.3 is 9.53 Å². The third-order valence-corrected chi connectivity index (χ3v) is 6.73. The Morgan fingerprint density at radius 1 is 1.17 bits per heavy atom. The summed E-state index contributed by atoms with van der Waals surface area (Å²) in [5.41, 5.74) is 0.806. The van der Waals surface area contributed by atoms with Crippen molar-refractivity contribution in [1.29, 1.82) is 0 Å². The molecule has 3 saturated carbocycles. The minimum absolute atomic E-state index is 0.132. The van der Waals surface area contributed by atoms with E-state index in [-0.39, 0.29) is 11.3 Å². The molecule has 0 N–H and O–H groups in total. The van der Waals surface area contributed by atoms with E-state index < -0.39 is 0 Å². The molecule has 0 aromatic carbocycles. The van der Waals surface area contributed by atoms with Crippen LogP contribution in [0.1, 0.15) is 52.9 Å². The summed E-state index contributed by atoms with van der Waals surface area (Å²) in [6, 6.07) is 0. The predicted octanol–water partition coefficient (Wildman–Crippen LogP) is 3.44. The monoisotopic (exact) mass is 250 g/mol. The van der Waals surface area contributed by atoms with Gasteiger partial charge in [-0.05, 0) is 48.9 Å². The normalized spacial score (nSPS) is 53.2. The van der Waals surface area contributed by atoms with Crippen molar-refractivity contribution in [2.45, 2.75) is 59.0 Å². The number of hydrogen-bond donors (Lipinski definition) is 0. The first-order chi connectivity index (χ1) is 8.42. The third kappa shape index (κ3) is 1.16. The molecule has 3 aliphatic carbocycles. The van der Waals surface area contributed by atoms with Crippen molar-refractivity contribution in [2.24, 2.45) is 28.1 Å². The molecule has 1 spiro atoms. The van der Waals surface area contributed by atoms with E-state index in [0.29, 0.717) is 22.9 Å². The van der Waals surface area contributed by atoms with E-state index in [0.717, 1.165) is 12.8 Å². The molecule has 0 aromatic heterocycles. The second-order valence-corrected chi connectivity index (χ2v) is 7.79. The Morgan fingerprint density at radius 2 is 1.89 bits per heavy atom. The smallest absolute Gasteiger partial charge is 0.123 e. The van der Waals surface area contributed by atoms with Crippen molar-refractivity contribution in [1.82, 2.24) is 0 Å². The van der Waals surface area contributed by atoms with Crippen molar-refractivity contribution in [3.63, 3.8) is 0 Å². The van der Waals surface area contributed by atoms with Crippen LogP contribution in [-0.4, -0.2) is 19.5 Å². The van der Waals surface area contributed by atoms with Gasteiger partial charge in [-0.3, -0.25) is 0 Å². The minimum Gasteiger partial charge on any atom is -0.381 e. The lowest BCUT2D eigenvalue weighted by molar-refractivity contribution is -0.125. The Morgan fingerprint density at radius 3 is 2.50 bits per heavy atom. The van der Waals surface area contributed by atoms with E-state index in [1.807, 2.05) is 7.11 Å². The lowest BCUT2D eigenvalue weighted by Crippen LogP contribution is -2.47. The lowest BCUT2D eigenvalue weighted by atomic mass is 9.60. The first-order valence-electron chi connectivity index (χ1n) is 7.40. The average Bonchev–Trinajstić information content (AvgIpc) is 2.85. The molecule has 0 heterocycles. The van der Waals surface area contributed by atoms with Gasteiger partial charge in [-0.25, -0.2) is 0 Å². The van der Waals surface area contributed by atoms with Crippen LogP contribution in [0.25, 0.3) is 0 Å². The number of hydrogen-bond acceptors (Lipinski definition) is 2. The molecule has 0 bridgehead atoms. The Balaban J connectivity index is 2.16. The maximum atomic E-state index is 11.6. The fourth-order valence-electron chi connectivity index (χ4n) is 6.61. The summed E-state index contributed by atoms with van der Waals surface area (Å²) in [5.74, 6) is 0.888. The number of rotatable bonds is 2. The topological polar surface area (TPSA) is 26.3 Å². The zero-order valence-electron chi connectivity index (χ0n) is 12.2. The van der Waals surface area contributed by atoms with Crippen molar-refractivity contribution in [3.05, 3.63) is 0 Å². The highest BCUT2D eigenvalue weighted by Crippen LogP contribution is 2.77. The van der Waals surface area contributed by atoms with E-state index in [1.54, 1.807) is 0 Å². The first-order valence-corrected chi connectivity index (χ1v) is 7.40. The number of aldehydes is 1. The first kappa shape index (κ1) is 12.7. The number of carbonyl (C=O) groups is 1. The van der Waals surface area contributed by atoms with Gasteiger partial charge in [-0.15, -0.1) is 0 Å². The average molecular weight is 250 g/mol. The van der Waals surface area contributed by atoms with Crippen LogP contribution in [0.3, 0.4) is 0 Å². The standard InChI is InChI=1S/C16H26O2/c1-14(2)10-15(3)8-7-13(18-4)16(15)11(9-17)5-6-12(14)16/h9,11-13H,5-8,10H2,1-4H3/t11-,12+,13+,15+,16?/m1/s1. The summed E-state index contributed by atoms with van der Waals surface area (Å²) in [4.78, 5) is 11.6. The molecular weight excluding hydrogens is 224 g/mol. The van der Waals surface area contributed by atoms with Gasteiger partial charge in [0, 0.05) is 18.4 Å². The maximum absolute atomic E-state index is 11.6. The van der Waals surface area contributed by atoms with Crippen LogP contribution in [0.5, 0.6) is 0 Å². The Hall–Kier alpha value is -0.370. The molecule has 3 rings (SSSR count). The number of carbonyl (C=O) groups excluding carboxylic acids is 1. The summed E-state index contributed by atoms with van der Waals surface area (Å²) in [6.45, 7) is 7.24. The molecule has 3 aliphatic rings. The van der Waals surface area contributed by atoms with Crippen LogP contribution in [0.2, 0.25) is 0 Å². The highest BCUT2D eigenvalue weighted by Gasteiger charge is 2.74. The van der Waals surface area contributed by atoms with Crippen LogP contribution < -0.4 is 0 Å². The Bertz CT molecular complexity index is 375. The summed E-state index contributed by atoms with van der Waals surface area (Å²) in [6.07, 6.45) is 7.47. The molecule has 18 heavy (non-hydrogen) atoms. The van der Waals surface area contributed by atoms with Gasteiger partial charge in [0.15, 0.2) is 0 Å². The van der Waals surface area contributed by atoms with E-state index in [4.69, 9.17) is 4.74 Å². The van der Waals surface area contributed by atoms with Gasteiger partial charge in [-0.2, -0.15) is 0 Å². The highest BCUT2D eigenvalue weighted by molar-refractivity contribution is 5.58. The molecule has 2 nitrogen and oxygen atoms in total. The molecule has 1 unspecified atom stereocenters. The Kier molecular flexibility index (Phi) is 2.53.